The summed E-state index contributed by atoms with van der Waals surface area (Å²) in [5.41, 5.74) is 6.74. The van der Waals surface area contributed by atoms with Gasteiger partial charge in [0.15, 0.2) is 0 Å². The molecule has 0 radical (unpaired) electrons. The second kappa shape index (κ2) is 4.70. The summed E-state index contributed by atoms with van der Waals surface area (Å²) in [6.45, 7) is 3.96. The Labute approximate surface area is 110 Å². The molecule has 3 N–H and O–H groups in total. The van der Waals surface area contributed by atoms with Crippen LogP contribution in [-0.4, -0.2) is 14.8 Å². The predicted molar refractivity (Wildman–Crippen MR) is 72.3 cm³/mol. The van der Waals surface area contributed by atoms with Crippen LogP contribution in [0.15, 0.2) is 11.4 Å². The highest BCUT2D eigenvalue weighted by Crippen LogP contribution is 2.22. The lowest BCUT2D eigenvalue weighted by Crippen LogP contribution is -2.21. The van der Waals surface area contributed by atoms with Gasteiger partial charge >= 0.3 is 0 Å². The van der Waals surface area contributed by atoms with Crippen LogP contribution in [0.4, 0.5) is 5.69 Å². The van der Waals surface area contributed by atoms with Gasteiger partial charge in [0.1, 0.15) is 11.6 Å². The van der Waals surface area contributed by atoms with Crippen molar-refractivity contribution in [1.29, 1.82) is 0 Å². The van der Waals surface area contributed by atoms with Gasteiger partial charge in [-0.05, 0) is 24.8 Å². The second-order valence-corrected chi connectivity index (χ2v) is 5.63. The maximum absolute atomic E-state index is 5.87. The average molecular weight is 263 g/mol. The first kappa shape index (κ1) is 11.7. The fourth-order valence-electron chi connectivity index (χ4n) is 2.32. The van der Waals surface area contributed by atoms with Crippen molar-refractivity contribution in [3.8, 4) is 0 Å². The van der Waals surface area contributed by atoms with E-state index in [9.17, 15) is 0 Å². The molecule has 6 heteroatoms. The molecule has 2 aromatic heterocycles. The van der Waals surface area contributed by atoms with Gasteiger partial charge in [-0.25, -0.2) is 0 Å². The third-order valence-corrected chi connectivity index (χ3v) is 4.31. The second-order valence-electron chi connectivity index (χ2n) is 4.63. The molecular formula is C12H17N5S. The van der Waals surface area contributed by atoms with E-state index in [1.165, 1.54) is 11.3 Å². The molecule has 1 unspecified atom stereocenters. The van der Waals surface area contributed by atoms with Crippen molar-refractivity contribution >= 4 is 17.0 Å². The van der Waals surface area contributed by atoms with Gasteiger partial charge in [-0.1, -0.05) is 0 Å². The first-order valence-electron chi connectivity index (χ1n) is 6.23. The summed E-state index contributed by atoms with van der Waals surface area (Å²) >= 11 is 1.68. The molecule has 1 aliphatic heterocycles. The number of fused-ring (bicyclic) bond motifs is 1. The summed E-state index contributed by atoms with van der Waals surface area (Å²) in [5, 5.41) is 14.0. The van der Waals surface area contributed by atoms with Crippen molar-refractivity contribution < 1.29 is 0 Å². The molecule has 0 aromatic carbocycles. The van der Waals surface area contributed by atoms with Gasteiger partial charge in [-0.3, -0.25) is 0 Å². The van der Waals surface area contributed by atoms with Gasteiger partial charge in [-0.15, -0.1) is 21.5 Å². The Morgan fingerprint density at radius 3 is 3.22 bits per heavy atom. The highest BCUT2D eigenvalue weighted by Gasteiger charge is 2.21. The summed E-state index contributed by atoms with van der Waals surface area (Å²) in [6, 6.07) is 2.15. The van der Waals surface area contributed by atoms with Crippen LogP contribution in [0.3, 0.4) is 0 Å². The summed E-state index contributed by atoms with van der Waals surface area (Å²) in [7, 11) is 0. The van der Waals surface area contributed by atoms with Crippen LogP contribution >= 0.6 is 11.3 Å². The van der Waals surface area contributed by atoms with Gasteiger partial charge in [0.05, 0.1) is 6.04 Å². The fraction of sp³-hybridized carbons (Fsp3) is 0.500. The number of aryl methyl sites for hydroxylation is 1. The first-order chi connectivity index (χ1) is 8.75. The van der Waals surface area contributed by atoms with E-state index in [1.54, 1.807) is 11.3 Å². The number of aromatic nitrogens is 3. The van der Waals surface area contributed by atoms with Crippen LogP contribution in [0.25, 0.3) is 0 Å². The number of nitrogen functional groups attached to an aromatic ring is 1. The standard InChI is InChI=1S/C12H17N5S/c1-8(14-7-10-9(13)4-6-18-10)12-16-15-11-3-2-5-17(11)12/h4,6,8,14H,2-3,5,7,13H2,1H3. The van der Waals surface area contributed by atoms with Gasteiger partial charge in [0.2, 0.25) is 0 Å². The predicted octanol–water partition coefficient (Wildman–Crippen LogP) is 1.72. The zero-order valence-electron chi connectivity index (χ0n) is 10.4. The van der Waals surface area contributed by atoms with E-state index in [0.717, 1.165) is 36.8 Å². The number of hydrogen-bond acceptors (Lipinski definition) is 5. The highest BCUT2D eigenvalue weighted by atomic mass is 32.1. The number of thiophene rings is 1. The number of nitrogens with two attached hydrogens (primary N) is 1. The van der Waals surface area contributed by atoms with E-state index in [0.29, 0.717) is 0 Å². The molecule has 1 atom stereocenters. The van der Waals surface area contributed by atoms with Crippen molar-refractivity contribution in [2.24, 2.45) is 0 Å². The number of nitrogens with zero attached hydrogens (tertiary/aromatic N) is 3. The molecule has 18 heavy (non-hydrogen) atoms. The van der Waals surface area contributed by atoms with Gasteiger partial charge in [0.25, 0.3) is 0 Å². The molecule has 5 nitrogen and oxygen atoms in total. The molecule has 0 fully saturated rings. The maximum Gasteiger partial charge on any atom is 0.149 e. The number of hydrogen-bond donors (Lipinski definition) is 2. The highest BCUT2D eigenvalue weighted by molar-refractivity contribution is 7.10. The molecule has 0 aliphatic carbocycles. The Morgan fingerprint density at radius 1 is 1.56 bits per heavy atom. The Kier molecular flexibility index (Phi) is 3.05. The summed E-state index contributed by atoms with van der Waals surface area (Å²) in [4.78, 5) is 1.18. The third kappa shape index (κ3) is 2.02. The summed E-state index contributed by atoms with van der Waals surface area (Å²) < 4.78 is 2.23. The quantitative estimate of drug-likeness (QED) is 0.881. The first-order valence-corrected chi connectivity index (χ1v) is 7.11. The van der Waals surface area contributed by atoms with E-state index in [-0.39, 0.29) is 6.04 Å². The van der Waals surface area contributed by atoms with Crippen molar-refractivity contribution in [2.45, 2.75) is 38.9 Å². The van der Waals surface area contributed by atoms with E-state index < -0.39 is 0 Å². The molecular weight excluding hydrogens is 246 g/mol. The Bertz CT molecular complexity index is 544. The topological polar surface area (TPSA) is 68.8 Å². The van der Waals surface area contributed by atoms with Crippen LogP contribution in [0.2, 0.25) is 0 Å². The zero-order valence-corrected chi connectivity index (χ0v) is 11.2. The molecule has 1 aliphatic rings. The van der Waals surface area contributed by atoms with Crippen molar-refractivity contribution in [2.75, 3.05) is 5.73 Å². The van der Waals surface area contributed by atoms with Crippen LogP contribution in [0.1, 0.15) is 35.9 Å². The van der Waals surface area contributed by atoms with Gasteiger partial charge in [0, 0.05) is 30.1 Å². The van der Waals surface area contributed by atoms with E-state index in [4.69, 9.17) is 5.73 Å². The smallest absolute Gasteiger partial charge is 0.149 e. The zero-order chi connectivity index (χ0) is 12.5. The molecule has 0 saturated carbocycles. The number of anilines is 1. The maximum atomic E-state index is 5.87. The third-order valence-electron chi connectivity index (χ3n) is 3.37. The Hall–Kier alpha value is -1.40. The van der Waals surface area contributed by atoms with Crippen molar-refractivity contribution in [3.63, 3.8) is 0 Å². The number of nitrogens with one attached hydrogen (secondary N) is 1. The molecule has 0 amide bonds. The van der Waals surface area contributed by atoms with Gasteiger partial charge in [-0.2, -0.15) is 0 Å². The molecule has 96 valence electrons. The average Bonchev–Trinajstić information content (AvgIpc) is 3.01. The molecule has 0 saturated heterocycles. The van der Waals surface area contributed by atoms with E-state index in [2.05, 4.69) is 27.0 Å². The lowest BCUT2D eigenvalue weighted by molar-refractivity contribution is 0.518. The van der Waals surface area contributed by atoms with E-state index in [1.807, 2.05) is 11.4 Å². The minimum Gasteiger partial charge on any atom is -0.398 e. The molecule has 0 bridgehead atoms. The van der Waals surface area contributed by atoms with Crippen LogP contribution in [-0.2, 0) is 19.5 Å². The SMILES string of the molecule is CC(NCc1sccc1N)c1nnc2n1CCC2. The largest absolute Gasteiger partial charge is 0.398 e. The fourth-order valence-corrected chi connectivity index (χ4v) is 3.07. The van der Waals surface area contributed by atoms with Crippen LogP contribution < -0.4 is 11.1 Å². The summed E-state index contributed by atoms with van der Waals surface area (Å²) in [5.74, 6) is 2.16. The molecule has 2 aromatic rings. The van der Waals surface area contributed by atoms with Crippen molar-refractivity contribution in [3.05, 3.63) is 28.0 Å². The van der Waals surface area contributed by atoms with E-state index >= 15 is 0 Å². The lowest BCUT2D eigenvalue weighted by atomic mass is 10.3. The minimum absolute atomic E-state index is 0.200. The Balaban J connectivity index is 1.68. The molecule has 3 rings (SSSR count). The van der Waals surface area contributed by atoms with Crippen molar-refractivity contribution in [1.82, 2.24) is 20.1 Å². The number of rotatable bonds is 4. The molecule has 3 heterocycles. The monoisotopic (exact) mass is 263 g/mol. The van der Waals surface area contributed by atoms with Crippen LogP contribution in [0.5, 0.6) is 0 Å². The van der Waals surface area contributed by atoms with Crippen LogP contribution in [0, 0.1) is 0 Å². The minimum atomic E-state index is 0.200. The lowest BCUT2D eigenvalue weighted by Gasteiger charge is -2.13. The van der Waals surface area contributed by atoms with Gasteiger partial charge < -0.3 is 15.6 Å². The molecule has 0 spiro atoms. The Morgan fingerprint density at radius 2 is 2.44 bits per heavy atom. The normalized spacial score (nSPS) is 15.8. The summed E-state index contributed by atoms with van der Waals surface area (Å²) in [6.07, 6.45) is 2.24.